The molecule has 8 unspecified atom stereocenters. The lowest BCUT2D eigenvalue weighted by Gasteiger charge is -2.41. The topological polar surface area (TPSA) is 67.2 Å². The molecule has 1 heterocycles. The van der Waals surface area contributed by atoms with E-state index in [4.69, 9.17) is 23.2 Å². The van der Waals surface area contributed by atoms with Crippen LogP contribution in [0, 0.1) is 42.4 Å². The monoisotopic (exact) mass is 497 g/mol. The molecule has 0 bridgehead atoms. The van der Waals surface area contributed by atoms with Gasteiger partial charge in [0.25, 0.3) is 0 Å². The van der Waals surface area contributed by atoms with Crippen molar-refractivity contribution in [1.82, 2.24) is 14.9 Å². The maximum atomic E-state index is 13.3. The van der Waals surface area contributed by atoms with E-state index in [-0.39, 0.29) is 22.6 Å². The van der Waals surface area contributed by atoms with Crippen LogP contribution < -0.4 is 5.32 Å². The maximum absolute atomic E-state index is 13.3. The Morgan fingerprint density at radius 2 is 1.85 bits per heavy atom. The summed E-state index contributed by atoms with van der Waals surface area (Å²) in [6, 6.07) is 0. The molecule has 0 radical (unpaired) electrons. The molecule has 3 aliphatic rings. The zero-order valence-corrected chi connectivity index (χ0v) is 21.5. The molecule has 7 heteroatoms. The predicted molar refractivity (Wildman–Crippen MR) is 133 cm³/mol. The van der Waals surface area contributed by atoms with Gasteiger partial charge in [-0.1, -0.05) is 12.8 Å². The summed E-state index contributed by atoms with van der Waals surface area (Å²) >= 11 is 12.7. The lowest BCUT2D eigenvalue weighted by Crippen LogP contribution is -2.42. The molecule has 3 fully saturated rings. The van der Waals surface area contributed by atoms with E-state index in [0.717, 1.165) is 57.3 Å². The van der Waals surface area contributed by atoms with Crippen LogP contribution in [0.25, 0.3) is 0 Å². The van der Waals surface area contributed by atoms with Crippen molar-refractivity contribution in [3.05, 3.63) is 18.2 Å². The van der Waals surface area contributed by atoms with Crippen molar-refractivity contribution in [3.63, 3.8) is 0 Å². The van der Waals surface area contributed by atoms with E-state index in [2.05, 4.69) is 28.0 Å². The highest BCUT2D eigenvalue weighted by atomic mass is 35.5. The number of hydrogen-bond donors (Lipinski definition) is 2. The number of halogens is 2. The Bertz CT molecular complexity index is 772. The van der Waals surface area contributed by atoms with E-state index >= 15 is 0 Å². The van der Waals surface area contributed by atoms with Crippen LogP contribution in [-0.2, 0) is 11.3 Å². The van der Waals surface area contributed by atoms with Crippen LogP contribution in [0.15, 0.2) is 12.4 Å². The zero-order chi connectivity index (χ0) is 23.4. The number of imidazole rings is 1. The second-order valence-electron chi connectivity index (χ2n) is 11.1. The summed E-state index contributed by atoms with van der Waals surface area (Å²) in [6.07, 6.45) is 14.6. The molecule has 8 atom stereocenters. The molecule has 0 aromatic carbocycles. The fourth-order valence-electron chi connectivity index (χ4n) is 6.77. The molecule has 1 amide bonds. The highest BCUT2D eigenvalue weighted by molar-refractivity contribution is 6.30. The van der Waals surface area contributed by atoms with Gasteiger partial charge in [0.2, 0.25) is 5.91 Å². The van der Waals surface area contributed by atoms with Gasteiger partial charge in [-0.3, -0.25) is 4.79 Å². The first-order valence-electron chi connectivity index (χ1n) is 13.1. The molecule has 2 N–H and O–H groups in total. The molecule has 5 nitrogen and oxygen atoms in total. The predicted octanol–water partition coefficient (Wildman–Crippen LogP) is 5.15. The van der Waals surface area contributed by atoms with Gasteiger partial charge in [-0.25, -0.2) is 4.98 Å². The van der Waals surface area contributed by atoms with Crippen LogP contribution in [0.3, 0.4) is 0 Å². The van der Waals surface area contributed by atoms with Crippen molar-refractivity contribution in [2.24, 2.45) is 35.5 Å². The van der Waals surface area contributed by atoms with Crippen molar-refractivity contribution in [2.45, 2.75) is 88.4 Å². The first kappa shape index (κ1) is 25.3. The number of nitrogens with one attached hydrogen (secondary N) is 1. The number of aryl methyl sites for hydroxylation is 1. The van der Waals surface area contributed by atoms with Crippen molar-refractivity contribution < 1.29 is 9.90 Å². The Hall–Kier alpha value is -0.780. The number of aliphatic hydroxyl groups excluding tert-OH is 1. The highest BCUT2D eigenvalue weighted by Crippen LogP contribution is 2.44. The maximum Gasteiger partial charge on any atom is 0.223 e. The van der Waals surface area contributed by atoms with Gasteiger partial charge in [-0.2, -0.15) is 0 Å². The molecule has 1 aromatic heterocycles. The summed E-state index contributed by atoms with van der Waals surface area (Å²) in [6.45, 7) is 4.01. The lowest BCUT2D eigenvalue weighted by molar-refractivity contribution is -0.128. The Balaban J connectivity index is 1.39. The van der Waals surface area contributed by atoms with E-state index in [1.807, 2.05) is 6.20 Å². The van der Waals surface area contributed by atoms with Crippen LogP contribution >= 0.6 is 23.2 Å². The summed E-state index contributed by atoms with van der Waals surface area (Å²) in [7, 11) is 0. The highest BCUT2D eigenvalue weighted by Gasteiger charge is 2.38. The van der Waals surface area contributed by atoms with Gasteiger partial charge in [-0.15, -0.1) is 23.2 Å². The summed E-state index contributed by atoms with van der Waals surface area (Å²) < 4.78 is 2.24. The van der Waals surface area contributed by atoms with Gasteiger partial charge >= 0.3 is 0 Å². The molecule has 3 saturated carbocycles. The van der Waals surface area contributed by atoms with Crippen molar-refractivity contribution in [3.8, 4) is 0 Å². The number of aromatic nitrogens is 2. The van der Waals surface area contributed by atoms with Crippen molar-refractivity contribution in [2.75, 3.05) is 13.2 Å². The van der Waals surface area contributed by atoms with Crippen LogP contribution in [0.2, 0.25) is 0 Å². The molecule has 4 rings (SSSR count). The van der Waals surface area contributed by atoms with E-state index < -0.39 is 0 Å². The van der Waals surface area contributed by atoms with Crippen LogP contribution in [-0.4, -0.2) is 44.5 Å². The molecular weight excluding hydrogens is 457 g/mol. The normalized spacial score (nSPS) is 37.6. The third-order valence-corrected chi connectivity index (χ3v) is 9.84. The number of rotatable bonds is 7. The molecular formula is C26H41Cl2N3O2. The minimum atomic E-state index is 0.00921. The third kappa shape index (κ3) is 6.67. The average molecular weight is 499 g/mol. The molecule has 3 aliphatic carbocycles. The summed E-state index contributed by atoms with van der Waals surface area (Å²) in [4.78, 5) is 17.7. The van der Waals surface area contributed by atoms with Crippen molar-refractivity contribution in [1.29, 1.82) is 0 Å². The van der Waals surface area contributed by atoms with E-state index in [1.54, 1.807) is 0 Å². The standard InChI is InChI=1S/C26H41Cl2N3O2/c1-17-29-7-8-31(17)15-20-10-22(21-4-2-3-19(9-21)16-32)13-23(11-20)26(33)30-14-18-5-6-24(27)25(28)12-18/h7-8,18-25,32H,2-6,9-16H2,1H3,(H,30,33). The molecule has 0 saturated heterocycles. The third-order valence-electron chi connectivity index (χ3n) is 8.71. The average Bonchev–Trinajstić information content (AvgIpc) is 3.23. The number of nitrogens with zero attached hydrogens (tertiary/aromatic N) is 2. The van der Waals surface area contributed by atoms with Gasteiger partial charge in [0.15, 0.2) is 0 Å². The Labute approximate surface area is 209 Å². The fourth-order valence-corrected chi connectivity index (χ4v) is 7.38. The molecule has 0 aliphatic heterocycles. The number of amides is 1. The smallest absolute Gasteiger partial charge is 0.223 e. The summed E-state index contributed by atoms with van der Waals surface area (Å²) in [5, 5.41) is 13.1. The van der Waals surface area contributed by atoms with E-state index in [1.165, 1.54) is 19.3 Å². The van der Waals surface area contributed by atoms with Gasteiger partial charge in [0, 0.05) is 43.4 Å². The fraction of sp³-hybridized carbons (Fsp3) is 0.846. The first-order chi connectivity index (χ1) is 15.9. The number of carbonyl (C=O) groups is 1. The van der Waals surface area contributed by atoms with Gasteiger partial charge in [0.1, 0.15) is 5.82 Å². The number of alkyl halides is 2. The van der Waals surface area contributed by atoms with Crippen LogP contribution in [0.5, 0.6) is 0 Å². The van der Waals surface area contributed by atoms with Gasteiger partial charge < -0.3 is 15.0 Å². The number of aliphatic hydroxyl groups is 1. The zero-order valence-electron chi connectivity index (χ0n) is 20.0. The Morgan fingerprint density at radius 3 is 2.58 bits per heavy atom. The lowest BCUT2D eigenvalue weighted by atomic mass is 9.65. The Kier molecular flexibility index (Phi) is 9.03. The van der Waals surface area contributed by atoms with E-state index in [9.17, 15) is 9.90 Å². The minimum Gasteiger partial charge on any atom is -0.396 e. The SMILES string of the molecule is Cc1nccn1CC1CC(C(=O)NCC2CCC(Cl)C(Cl)C2)CC(C2CCCC(CO)C2)C1. The largest absolute Gasteiger partial charge is 0.396 e. The first-order valence-corrected chi connectivity index (χ1v) is 13.9. The van der Waals surface area contributed by atoms with Crippen molar-refractivity contribution >= 4 is 29.1 Å². The number of hydrogen-bond acceptors (Lipinski definition) is 3. The van der Waals surface area contributed by atoms with Crippen LogP contribution in [0.4, 0.5) is 0 Å². The molecule has 0 spiro atoms. The quantitative estimate of drug-likeness (QED) is 0.511. The van der Waals surface area contributed by atoms with E-state index in [0.29, 0.717) is 42.7 Å². The minimum absolute atomic E-state index is 0.00921. The van der Waals surface area contributed by atoms with Gasteiger partial charge in [0.05, 0.1) is 5.38 Å². The Morgan fingerprint density at radius 1 is 1.03 bits per heavy atom. The molecule has 33 heavy (non-hydrogen) atoms. The summed E-state index contributed by atoms with van der Waals surface area (Å²) in [5.74, 6) is 3.89. The molecule has 186 valence electrons. The number of carbonyl (C=O) groups excluding carboxylic acids is 1. The summed E-state index contributed by atoms with van der Waals surface area (Å²) in [5.41, 5.74) is 0. The van der Waals surface area contributed by atoms with Gasteiger partial charge in [-0.05, 0) is 87.9 Å². The molecule has 1 aromatic rings. The van der Waals surface area contributed by atoms with Crippen LogP contribution in [0.1, 0.15) is 70.0 Å². The second-order valence-corrected chi connectivity index (χ2v) is 12.2. The second kappa shape index (κ2) is 11.8.